The molecule has 6 heteroatoms. The number of hydrogen-bond acceptors (Lipinski definition) is 4. The normalized spacial score (nSPS) is 11.0. The van der Waals surface area contributed by atoms with Gasteiger partial charge in [0, 0.05) is 40.8 Å². The first kappa shape index (κ1) is 18.8. The van der Waals surface area contributed by atoms with E-state index in [0.717, 1.165) is 38.7 Å². The van der Waals surface area contributed by atoms with E-state index >= 15 is 0 Å². The molecule has 0 radical (unpaired) electrons. The summed E-state index contributed by atoms with van der Waals surface area (Å²) in [7, 11) is 1.63. The Hall–Kier alpha value is -4.19. The molecule has 2 N–H and O–H groups in total. The highest BCUT2D eigenvalue weighted by atomic mass is 16.5. The summed E-state index contributed by atoms with van der Waals surface area (Å²) in [4.78, 5) is 25.3. The van der Waals surface area contributed by atoms with E-state index in [2.05, 4.69) is 15.3 Å². The molecule has 0 saturated carbocycles. The molecule has 3 heterocycles. The van der Waals surface area contributed by atoms with E-state index in [9.17, 15) is 4.79 Å². The summed E-state index contributed by atoms with van der Waals surface area (Å²) in [6, 6.07) is 21.3. The molecule has 0 bridgehead atoms. The summed E-state index contributed by atoms with van der Waals surface area (Å²) in [5, 5.41) is 4.95. The van der Waals surface area contributed by atoms with E-state index in [1.807, 2.05) is 66.7 Å². The fraction of sp³-hybridized carbons (Fsp3) is 0.0800. The highest BCUT2D eigenvalue weighted by Gasteiger charge is 2.17. The molecule has 0 aliphatic carbocycles. The number of methoxy groups -OCH3 is 1. The zero-order chi connectivity index (χ0) is 21.2. The van der Waals surface area contributed by atoms with Crippen LogP contribution in [-0.4, -0.2) is 28.0 Å². The Labute approximate surface area is 178 Å². The monoisotopic (exact) mass is 408 g/mol. The van der Waals surface area contributed by atoms with Gasteiger partial charge in [-0.15, -0.1) is 0 Å². The summed E-state index contributed by atoms with van der Waals surface area (Å²) in [5.74, 6) is 0.496. The molecular weight excluding hydrogens is 388 g/mol. The van der Waals surface area contributed by atoms with Crippen molar-refractivity contribution in [3.05, 3.63) is 90.4 Å². The Morgan fingerprint density at radius 2 is 1.94 bits per heavy atom. The van der Waals surface area contributed by atoms with Crippen molar-refractivity contribution in [2.45, 2.75) is 6.54 Å². The van der Waals surface area contributed by atoms with Crippen LogP contribution in [0.1, 0.15) is 16.1 Å². The number of ether oxygens (including phenoxy) is 1. The average Bonchev–Trinajstić information content (AvgIpc) is 3.21. The van der Waals surface area contributed by atoms with Crippen LogP contribution in [0.5, 0.6) is 5.75 Å². The minimum absolute atomic E-state index is 0.236. The number of carbonyl (C=O) groups is 1. The van der Waals surface area contributed by atoms with Gasteiger partial charge in [0.1, 0.15) is 11.4 Å². The van der Waals surface area contributed by atoms with Crippen molar-refractivity contribution in [2.75, 3.05) is 7.11 Å². The van der Waals surface area contributed by atoms with Crippen LogP contribution in [0.15, 0.2) is 79.1 Å². The van der Waals surface area contributed by atoms with Gasteiger partial charge < -0.3 is 15.0 Å². The van der Waals surface area contributed by atoms with Crippen LogP contribution < -0.4 is 10.1 Å². The summed E-state index contributed by atoms with van der Waals surface area (Å²) in [6.07, 6.45) is 3.44. The summed E-state index contributed by atoms with van der Waals surface area (Å²) in [6.45, 7) is 0.384. The molecule has 5 rings (SSSR count). The number of hydrogen-bond donors (Lipinski definition) is 2. The zero-order valence-electron chi connectivity index (χ0n) is 16.9. The van der Waals surface area contributed by atoms with Gasteiger partial charge in [0.15, 0.2) is 0 Å². The molecule has 1 amide bonds. The maximum absolute atomic E-state index is 13.0. The molecule has 0 saturated heterocycles. The summed E-state index contributed by atoms with van der Waals surface area (Å²) < 4.78 is 5.39. The second-order valence-corrected chi connectivity index (χ2v) is 7.23. The van der Waals surface area contributed by atoms with Crippen molar-refractivity contribution in [3.8, 4) is 17.0 Å². The number of nitrogens with zero attached hydrogens (tertiary/aromatic N) is 2. The first-order valence-electron chi connectivity index (χ1n) is 9.96. The molecule has 0 atom stereocenters. The number of pyridine rings is 2. The maximum Gasteiger partial charge on any atom is 0.270 e. The van der Waals surface area contributed by atoms with Crippen LogP contribution in [0, 0.1) is 0 Å². The number of H-pyrrole nitrogens is 1. The third kappa shape index (κ3) is 3.59. The number of aromatic nitrogens is 3. The lowest BCUT2D eigenvalue weighted by Gasteiger charge is -2.09. The Morgan fingerprint density at radius 3 is 2.77 bits per heavy atom. The number of nitrogens with one attached hydrogen (secondary N) is 2. The first-order valence-corrected chi connectivity index (χ1v) is 9.96. The van der Waals surface area contributed by atoms with E-state index < -0.39 is 0 Å². The van der Waals surface area contributed by atoms with Crippen LogP contribution in [0.3, 0.4) is 0 Å². The van der Waals surface area contributed by atoms with Crippen molar-refractivity contribution in [3.63, 3.8) is 0 Å². The minimum atomic E-state index is -0.236. The van der Waals surface area contributed by atoms with Gasteiger partial charge in [0.2, 0.25) is 0 Å². The molecule has 0 aliphatic heterocycles. The van der Waals surface area contributed by atoms with Crippen LogP contribution in [0.4, 0.5) is 0 Å². The predicted octanol–water partition coefficient (Wildman–Crippen LogP) is 4.72. The van der Waals surface area contributed by atoms with Crippen molar-refractivity contribution in [2.24, 2.45) is 0 Å². The lowest BCUT2D eigenvalue weighted by atomic mass is 10.1. The molecule has 5 aromatic rings. The highest BCUT2D eigenvalue weighted by Crippen LogP contribution is 2.33. The third-order valence-electron chi connectivity index (χ3n) is 5.25. The number of rotatable bonds is 5. The van der Waals surface area contributed by atoms with E-state index in [4.69, 9.17) is 9.72 Å². The second kappa shape index (κ2) is 7.91. The highest BCUT2D eigenvalue weighted by molar-refractivity contribution is 6.13. The maximum atomic E-state index is 13.0. The molecule has 152 valence electrons. The number of carbonyl (C=O) groups excluding carboxylic acids is 1. The minimum Gasteiger partial charge on any atom is -0.497 e. The van der Waals surface area contributed by atoms with Gasteiger partial charge in [-0.05, 0) is 35.9 Å². The number of benzene rings is 2. The zero-order valence-corrected chi connectivity index (χ0v) is 16.9. The molecule has 3 aromatic heterocycles. The van der Waals surface area contributed by atoms with Crippen molar-refractivity contribution in [1.29, 1.82) is 0 Å². The standard InChI is InChI=1S/C25H20N4O2/c1-31-18-8-4-7-17(12-18)23-24-20(19-9-2-3-10-21(19)28-24)13-22(29-23)25(30)27-15-16-6-5-11-26-14-16/h2-14,28H,15H2,1H3,(H,27,30). The molecule has 0 fully saturated rings. The number of fused-ring (bicyclic) bond motifs is 3. The van der Waals surface area contributed by atoms with Gasteiger partial charge in [0.05, 0.1) is 18.3 Å². The van der Waals surface area contributed by atoms with E-state index in [0.29, 0.717) is 17.9 Å². The van der Waals surface area contributed by atoms with Crippen molar-refractivity contribution >= 4 is 27.7 Å². The summed E-state index contributed by atoms with van der Waals surface area (Å²) >= 11 is 0. The van der Waals surface area contributed by atoms with Gasteiger partial charge in [-0.2, -0.15) is 0 Å². The molecular formula is C25H20N4O2. The van der Waals surface area contributed by atoms with Crippen molar-refractivity contribution in [1.82, 2.24) is 20.3 Å². The van der Waals surface area contributed by atoms with Gasteiger partial charge in [-0.25, -0.2) is 4.98 Å². The topological polar surface area (TPSA) is 79.9 Å². The second-order valence-electron chi connectivity index (χ2n) is 7.23. The first-order chi connectivity index (χ1) is 15.2. The van der Waals surface area contributed by atoms with Crippen LogP contribution in [0.2, 0.25) is 0 Å². The number of amides is 1. The molecule has 31 heavy (non-hydrogen) atoms. The van der Waals surface area contributed by atoms with Gasteiger partial charge >= 0.3 is 0 Å². The van der Waals surface area contributed by atoms with Gasteiger partial charge in [-0.3, -0.25) is 9.78 Å². The van der Waals surface area contributed by atoms with Gasteiger partial charge in [-0.1, -0.05) is 36.4 Å². The van der Waals surface area contributed by atoms with E-state index in [1.165, 1.54) is 0 Å². The summed E-state index contributed by atoms with van der Waals surface area (Å²) in [5.41, 5.74) is 4.75. The van der Waals surface area contributed by atoms with Crippen molar-refractivity contribution < 1.29 is 9.53 Å². The van der Waals surface area contributed by atoms with Crippen LogP contribution >= 0.6 is 0 Å². The fourth-order valence-electron chi connectivity index (χ4n) is 3.72. The number of aromatic amines is 1. The van der Waals surface area contributed by atoms with E-state index in [1.54, 1.807) is 19.5 Å². The average molecular weight is 408 g/mol. The number of para-hydroxylation sites is 1. The molecule has 2 aromatic carbocycles. The Balaban J connectivity index is 1.63. The van der Waals surface area contributed by atoms with Crippen LogP contribution in [-0.2, 0) is 6.54 Å². The SMILES string of the molecule is COc1cccc(-c2nc(C(=O)NCc3cccnc3)cc3c2[nH]c2ccccc23)c1. The molecule has 0 unspecified atom stereocenters. The Kier molecular flexibility index (Phi) is 4.80. The lowest BCUT2D eigenvalue weighted by Crippen LogP contribution is -2.24. The smallest absolute Gasteiger partial charge is 0.270 e. The fourth-order valence-corrected chi connectivity index (χ4v) is 3.72. The third-order valence-corrected chi connectivity index (χ3v) is 5.25. The van der Waals surface area contributed by atoms with E-state index in [-0.39, 0.29) is 5.91 Å². The quantitative estimate of drug-likeness (QED) is 0.441. The molecule has 0 spiro atoms. The molecule has 0 aliphatic rings. The largest absolute Gasteiger partial charge is 0.497 e. The Morgan fingerprint density at radius 1 is 1.03 bits per heavy atom. The van der Waals surface area contributed by atoms with Crippen LogP contribution in [0.25, 0.3) is 33.1 Å². The van der Waals surface area contributed by atoms with Gasteiger partial charge in [0.25, 0.3) is 5.91 Å². The lowest BCUT2D eigenvalue weighted by molar-refractivity contribution is 0.0946. The predicted molar refractivity (Wildman–Crippen MR) is 121 cm³/mol. The molecule has 6 nitrogen and oxygen atoms in total. The Bertz CT molecular complexity index is 1390.